The molecule has 5 nitrogen and oxygen atoms in total. The Morgan fingerprint density at radius 3 is 2.50 bits per heavy atom. The summed E-state index contributed by atoms with van der Waals surface area (Å²) in [7, 11) is 0. The second-order valence-corrected chi connectivity index (χ2v) is 4.62. The minimum Gasteiger partial charge on any atom is -0.368 e. The van der Waals surface area contributed by atoms with Crippen LogP contribution in [-0.2, 0) is 9.59 Å². The number of likely N-dealkylation sites (tertiary alicyclic amines) is 1. The van der Waals surface area contributed by atoms with Crippen molar-refractivity contribution in [2.24, 2.45) is 11.7 Å². The summed E-state index contributed by atoms with van der Waals surface area (Å²) < 4.78 is 0. The number of piperidine rings is 1. The van der Waals surface area contributed by atoms with Gasteiger partial charge in [0, 0.05) is 12.5 Å². The molecule has 0 spiro atoms. The molecule has 3 N–H and O–H groups in total. The van der Waals surface area contributed by atoms with E-state index >= 15 is 0 Å². The highest BCUT2D eigenvalue weighted by Crippen LogP contribution is 2.23. The number of nitrogens with zero attached hydrogens (tertiary/aromatic N) is 1. The maximum atomic E-state index is 12.2. The Balaban J connectivity index is 1.99. The van der Waals surface area contributed by atoms with Gasteiger partial charge in [-0.1, -0.05) is 0 Å². The second-order valence-electron chi connectivity index (χ2n) is 4.62. The monoisotopic (exact) mass is 225 g/mol. The number of hydrogen-bond acceptors (Lipinski definition) is 3. The van der Waals surface area contributed by atoms with Gasteiger partial charge < -0.3 is 16.0 Å². The van der Waals surface area contributed by atoms with Crippen LogP contribution >= 0.6 is 0 Å². The van der Waals surface area contributed by atoms with Crippen molar-refractivity contribution in [3.8, 4) is 0 Å². The van der Waals surface area contributed by atoms with Crippen LogP contribution in [0.3, 0.4) is 0 Å². The zero-order chi connectivity index (χ0) is 11.5. The highest BCUT2D eigenvalue weighted by molar-refractivity contribution is 5.88. The van der Waals surface area contributed by atoms with Gasteiger partial charge in [0.25, 0.3) is 0 Å². The van der Waals surface area contributed by atoms with Crippen molar-refractivity contribution in [2.45, 2.75) is 31.7 Å². The molecule has 0 bridgehead atoms. The highest BCUT2D eigenvalue weighted by atomic mass is 16.2. The van der Waals surface area contributed by atoms with Gasteiger partial charge >= 0.3 is 0 Å². The summed E-state index contributed by atoms with van der Waals surface area (Å²) in [5.74, 6) is -0.149. The number of amides is 2. The van der Waals surface area contributed by atoms with Gasteiger partial charge in [0.05, 0.1) is 0 Å². The molecular weight excluding hydrogens is 206 g/mol. The van der Waals surface area contributed by atoms with Crippen LogP contribution in [0.2, 0.25) is 0 Å². The molecule has 2 aliphatic rings. The number of nitrogens with two attached hydrogens (primary N) is 1. The van der Waals surface area contributed by atoms with Crippen LogP contribution in [0.25, 0.3) is 0 Å². The highest BCUT2D eigenvalue weighted by Gasteiger charge is 2.36. The standard InChI is InChI=1S/C11H19N3O2/c12-10(15)9-2-1-7-14(9)11(16)8-3-5-13-6-4-8/h8-9,13H,1-7H2,(H2,12,15)/t9-/m0/s1. The quantitative estimate of drug-likeness (QED) is 0.663. The van der Waals surface area contributed by atoms with E-state index in [0.29, 0.717) is 6.54 Å². The van der Waals surface area contributed by atoms with Crippen molar-refractivity contribution in [2.75, 3.05) is 19.6 Å². The van der Waals surface area contributed by atoms with Gasteiger partial charge in [0.15, 0.2) is 0 Å². The fourth-order valence-corrected chi connectivity index (χ4v) is 2.63. The fraction of sp³-hybridized carbons (Fsp3) is 0.818. The lowest BCUT2D eigenvalue weighted by atomic mass is 9.96. The topological polar surface area (TPSA) is 75.4 Å². The molecule has 2 amide bonds. The number of primary amides is 1. The van der Waals surface area contributed by atoms with E-state index in [-0.39, 0.29) is 23.8 Å². The smallest absolute Gasteiger partial charge is 0.240 e. The average molecular weight is 225 g/mol. The lowest BCUT2D eigenvalue weighted by Crippen LogP contribution is -2.47. The number of hydrogen-bond donors (Lipinski definition) is 2. The van der Waals surface area contributed by atoms with Crippen LogP contribution in [0, 0.1) is 5.92 Å². The van der Waals surface area contributed by atoms with E-state index in [1.165, 1.54) is 0 Å². The van der Waals surface area contributed by atoms with Crippen LogP contribution in [0.4, 0.5) is 0 Å². The molecule has 2 aliphatic heterocycles. The van der Waals surface area contributed by atoms with Crippen LogP contribution in [0.15, 0.2) is 0 Å². The van der Waals surface area contributed by atoms with E-state index in [9.17, 15) is 9.59 Å². The maximum Gasteiger partial charge on any atom is 0.240 e. The molecule has 0 unspecified atom stereocenters. The van der Waals surface area contributed by atoms with Crippen LogP contribution in [-0.4, -0.2) is 42.4 Å². The Labute approximate surface area is 95.3 Å². The zero-order valence-corrected chi connectivity index (χ0v) is 9.45. The van der Waals surface area contributed by atoms with Crippen molar-refractivity contribution in [3.05, 3.63) is 0 Å². The third-order valence-corrected chi connectivity index (χ3v) is 3.55. The molecule has 5 heteroatoms. The Hall–Kier alpha value is -1.10. The van der Waals surface area contributed by atoms with Crippen LogP contribution < -0.4 is 11.1 Å². The van der Waals surface area contributed by atoms with Crippen molar-refractivity contribution < 1.29 is 9.59 Å². The number of nitrogens with one attached hydrogen (secondary N) is 1. The molecule has 2 rings (SSSR count). The average Bonchev–Trinajstić information content (AvgIpc) is 2.78. The van der Waals surface area contributed by atoms with Crippen LogP contribution in [0.1, 0.15) is 25.7 Å². The van der Waals surface area contributed by atoms with Crippen molar-refractivity contribution in [3.63, 3.8) is 0 Å². The molecule has 0 aliphatic carbocycles. The molecule has 1 atom stereocenters. The van der Waals surface area contributed by atoms with E-state index in [0.717, 1.165) is 38.8 Å². The second kappa shape index (κ2) is 4.82. The number of rotatable bonds is 2. The van der Waals surface area contributed by atoms with Crippen molar-refractivity contribution in [1.82, 2.24) is 10.2 Å². The predicted octanol–water partition coefficient (Wildman–Crippen LogP) is -0.538. The summed E-state index contributed by atoms with van der Waals surface area (Å²) in [5, 5.41) is 3.23. The summed E-state index contributed by atoms with van der Waals surface area (Å²) in [5.41, 5.74) is 5.31. The van der Waals surface area contributed by atoms with Gasteiger partial charge in [-0.2, -0.15) is 0 Å². The first-order chi connectivity index (χ1) is 7.70. The first-order valence-corrected chi connectivity index (χ1v) is 6.00. The minimum atomic E-state index is -0.361. The Bertz CT molecular complexity index is 287. The molecular formula is C11H19N3O2. The van der Waals surface area contributed by atoms with E-state index in [1.807, 2.05) is 0 Å². The van der Waals surface area contributed by atoms with Crippen molar-refractivity contribution >= 4 is 11.8 Å². The molecule has 0 aromatic carbocycles. The largest absolute Gasteiger partial charge is 0.368 e. The van der Waals surface area contributed by atoms with E-state index in [2.05, 4.69) is 5.32 Å². The normalized spacial score (nSPS) is 27.0. The van der Waals surface area contributed by atoms with Gasteiger partial charge in [-0.05, 0) is 38.8 Å². The summed E-state index contributed by atoms with van der Waals surface area (Å²) in [6.07, 6.45) is 3.37. The fourth-order valence-electron chi connectivity index (χ4n) is 2.63. The lowest BCUT2D eigenvalue weighted by molar-refractivity contribution is -0.141. The number of carbonyl (C=O) groups excluding carboxylic acids is 2. The SMILES string of the molecule is NC(=O)[C@@H]1CCCN1C(=O)C1CCNCC1. The summed E-state index contributed by atoms with van der Waals surface area (Å²) in [6, 6.07) is -0.359. The van der Waals surface area contributed by atoms with Crippen LogP contribution in [0.5, 0.6) is 0 Å². The summed E-state index contributed by atoms with van der Waals surface area (Å²) in [4.78, 5) is 25.1. The maximum absolute atomic E-state index is 12.2. The molecule has 0 saturated carbocycles. The van der Waals surface area contributed by atoms with E-state index < -0.39 is 0 Å². The van der Waals surface area contributed by atoms with Crippen molar-refractivity contribution in [1.29, 1.82) is 0 Å². The van der Waals surface area contributed by atoms with Gasteiger partial charge in [0.2, 0.25) is 11.8 Å². The number of carbonyl (C=O) groups is 2. The minimum absolute atomic E-state index is 0.0844. The Morgan fingerprint density at radius 1 is 1.19 bits per heavy atom. The van der Waals surface area contributed by atoms with E-state index in [1.54, 1.807) is 4.90 Å². The molecule has 90 valence electrons. The molecule has 16 heavy (non-hydrogen) atoms. The summed E-state index contributed by atoms with van der Waals surface area (Å²) in [6.45, 7) is 2.48. The van der Waals surface area contributed by atoms with Gasteiger partial charge in [-0.15, -0.1) is 0 Å². The molecule has 2 saturated heterocycles. The lowest BCUT2D eigenvalue weighted by Gasteiger charge is -2.29. The molecule has 2 fully saturated rings. The molecule has 0 aromatic rings. The Morgan fingerprint density at radius 2 is 1.88 bits per heavy atom. The molecule has 2 heterocycles. The third-order valence-electron chi connectivity index (χ3n) is 3.55. The molecule has 0 radical (unpaired) electrons. The zero-order valence-electron chi connectivity index (χ0n) is 9.45. The predicted molar refractivity (Wildman–Crippen MR) is 59.5 cm³/mol. The van der Waals surface area contributed by atoms with E-state index in [4.69, 9.17) is 5.73 Å². The van der Waals surface area contributed by atoms with Gasteiger partial charge in [0.1, 0.15) is 6.04 Å². The first-order valence-electron chi connectivity index (χ1n) is 6.00. The third kappa shape index (κ3) is 2.19. The summed E-state index contributed by atoms with van der Waals surface area (Å²) >= 11 is 0. The van der Waals surface area contributed by atoms with Gasteiger partial charge in [-0.3, -0.25) is 9.59 Å². The Kier molecular flexibility index (Phi) is 3.43. The molecule has 0 aromatic heterocycles. The van der Waals surface area contributed by atoms with Gasteiger partial charge in [-0.25, -0.2) is 0 Å². The first kappa shape index (κ1) is 11.4.